The van der Waals surface area contributed by atoms with E-state index in [9.17, 15) is 19.1 Å². The van der Waals surface area contributed by atoms with Gasteiger partial charge in [0.15, 0.2) is 0 Å². The van der Waals surface area contributed by atoms with Gasteiger partial charge in [-0.2, -0.15) is 5.10 Å². The van der Waals surface area contributed by atoms with Crippen molar-refractivity contribution in [1.29, 1.82) is 0 Å². The number of non-ortho nitro benzene ring substituents is 1. The van der Waals surface area contributed by atoms with Crippen molar-refractivity contribution in [2.75, 3.05) is 5.32 Å². The average Bonchev–Trinajstić information content (AvgIpc) is 3.19. The maximum atomic E-state index is 12.9. The molecule has 1 aliphatic rings. The molecule has 1 atom stereocenters. The maximum absolute atomic E-state index is 12.9. The Morgan fingerprint density at radius 2 is 2.00 bits per heavy atom. The van der Waals surface area contributed by atoms with Gasteiger partial charge in [-0.1, -0.05) is 29.3 Å². The predicted molar refractivity (Wildman–Crippen MR) is 110 cm³/mol. The van der Waals surface area contributed by atoms with Crippen LogP contribution in [0.25, 0.3) is 5.69 Å². The number of benzene rings is 2. The summed E-state index contributed by atoms with van der Waals surface area (Å²) in [4.78, 5) is 23.3. The largest absolute Gasteiger partial charge is 0.306 e. The van der Waals surface area contributed by atoms with Crippen molar-refractivity contribution in [2.45, 2.75) is 11.5 Å². The fraction of sp³-hybridized carbons (Fsp3) is 0.111. The molecule has 11 heteroatoms. The number of aromatic nitrogens is 2. The van der Waals surface area contributed by atoms with Crippen molar-refractivity contribution in [2.24, 2.45) is 0 Å². The molecule has 29 heavy (non-hydrogen) atoms. The summed E-state index contributed by atoms with van der Waals surface area (Å²) in [6.07, 6.45) is 0. The predicted octanol–water partition coefficient (Wildman–Crippen LogP) is 4.10. The van der Waals surface area contributed by atoms with E-state index in [0.29, 0.717) is 27.8 Å². The smallest absolute Gasteiger partial charge is 0.270 e. The van der Waals surface area contributed by atoms with E-state index in [2.05, 4.69) is 10.4 Å². The number of amides is 1. The Morgan fingerprint density at radius 3 is 2.72 bits per heavy atom. The van der Waals surface area contributed by atoms with Crippen LogP contribution in [0.2, 0.25) is 10.0 Å². The minimum Gasteiger partial charge on any atom is -0.306 e. The van der Waals surface area contributed by atoms with E-state index in [-0.39, 0.29) is 27.8 Å². The van der Waals surface area contributed by atoms with Crippen molar-refractivity contribution in [1.82, 2.24) is 9.78 Å². The van der Waals surface area contributed by atoms with Crippen molar-refractivity contribution < 1.29 is 13.9 Å². The third kappa shape index (κ3) is 3.76. The third-order valence-corrected chi connectivity index (χ3v) is 6.13. The molecule has 0 spiro atoms. The van der Waals surface area contributed by atoms with Crippen LogP contribution in [0.4, 0.5) is 11.5 Å². The van der Waals surface area contributed by atoms with Gasteiger partial charge >= 0.3 is 0 Å². The van der Waals surface area contributed by atoms with Crippen LogP contribution in [0.15, 0.2) is 42.5 Å². The Hall–Kier alpha value is -2.75. The number of nitro benzene ring substituents is 1. The van der Waals surface area contributed by atoms with E-state index < -0.39 is 21.6 Å². The van der Waals surface area contributed by atoms with Gasteiger partial charge < -0.3 is 5.32 Å². The van der Waals surface area contributed by atoms with Gasteiger partial charge in [-0.25, -0.2) is 4.68 Å². The Labute approximate surface area is 177 Å². The first kappa shape index (κ1) is 19.6. The van der Waals surface area contributed by atoms with Crippen LogP contribution in [0, 0.1) is 10.1 Å². The minimum atomic E-state index is -1.11. The molecule has 148 valence electrons. The van der Waals surface area contributed by atoms with Gasteiger partial charge in [-0.05, 0) is 24.3 Å². The summed E-state index contributed by atoms with van der Waals surface area (Å²) < 4.78 is 13.5. The number of hydrogen-bond donors (Lipinski definition) is 1. The second-order valence-corrected chi connectivity index (χ2v) is 8.57. The highest BCUT2D eigenvalue weighted by Crippen LogP contribution is 2.33. The van der Waals surface area contributed by atoms with Gasteiger partial charge in [0.1, 0.15) is 5.82 Å². The average molecular weight is 451 g/mol. The summed E-state index contributed by atoms with van der Waals surface area (Å²) in [5.41, 5.74) is 1.57. The number of carbonyl (C=O) groups is 1. The van der Waals surface area contributed by atoms with E-state index in [1.165, 1.54) is 16.8 Å². The first-order valence-corrected chi connectivity index (χ1v) is 10.5. The van der Waals surface area contributed by atoms with E-state index in [0.717, 1.165) is 6.07 Å². The molecule has 0 bridgehead atoms. The second kappa shape index (κ2) is 7.58. The molecule has 0 saturated heterocycles. The molecule has 1 amide bonds. The summed E-state index contributed by atoms with van der Waals surface area (Å²) >= 11 is 12.2. The van der Waals surface area contributed by atoms with Gasteiger partial charge in [-0.3, -0.25) is 19.1 Å². The van der Waals surface area contributed by atoms with E-state index in [1.807, 2.05) is 0 Å². The molecule has 4 rings (SSSR count). The van der Waals surface area contributed by atoms with Crippen LogP contribution < -0.4 is 5.32 Å². The van der Waals surface area contributed by atoms with Crippen molar-refractivity contribution in [3.63, 3.8) is 0 Å². The minimum absolute atomic E-state index is 0.0485. The molecule has 1 aromatic heterocycles. The monoisotopic (exact) mass is 450 g/mol. The Morgan fingerprint density at radius 1 is 1.21 bits per heavy atom. The second-order valence-electron chi connectivity index (χ2n) is 6.27. The van der Waals surface area contributed by atoms with Gasteiger partial charge in [0.25, 0.3) is 11.6 Å². The van der Waals surface area contributed by atoms with Crippen LogP contribution >= 0.6 is 23.2 Å². The van der Waals surface area contributed by atoms with Crippen LogP contribution in [0.5, 0.6) is 0 Å². The molecular formula is C18H12Cl2N4O4S. The van der Waals surface area contributed by atoms with Crippen LogP contribution in [-0.4, -0.2) is 24.8 Å². The molecule has 1 N–H and O–H groups in total. The number of nitro groups is 1. The highest BCUT2D eigenvalue weighted by Gasteiger charge is 2.29. The molecular weight excluding hydrogens is 439 g/mol. The summed E-state index contributed by atoms with van der Waals surface area (Å²) in [7, 11) is -1.11. The molecule has 8 nitrogen and oxygen atoms in total. The van der Waals surface area contributed by atoms with Gasteiger partial charge in [0.05, 0.1) is 38.4 Å². The zero-order valence-corrected chi connectivity index (χ0v) is 16.9. The van der Waals surface area contributed by atoms with Gasteiger partial charge in [0, 0.05) is 33.5 Å². The Balaban J connectivity index is 1.77. The lowest BCUT2D eigenvalue weighted by atomic mass is 10.2. The topological polar surface area (TPSA) is 107 Å². The number of carbonyl (C=O) groups excluding carboxylic acids is 1. The Kier molecular flexibility index (Phi) is 5.12. The quantitative estimate of drug-likeness (QED) is 0.475. The first-order chi connectivity index (χ1) is 13.8. The normalized spacial score (nSPS) is 15.2. The highest BCUT2D eigenvalue weighted by molar-refractivity contribution is 7.83. The van der Waals surface area contributed by atoms with E-state index in [4.69, 9.17) is 23.2 Å². The lowest BCUT2D eigenvalue weighted by Gasteiger charge is -2.12. The standard InChI is InChI=1S/C18H12Cl2N4O4S/c19-10-2-1-3-11(6-10)23-17(14-8-29(28)9-16(14)22-23)21-18(25)13-7-12(24(26)27)4-5-15(13)20/h1-7H,8-9H2,(H,21,25). The molecule has 1 aliphatic heterocycles. The number of fused-ring (bicyclic) bond motifs is 1. The molecule has 1 unspecified atom stereocenters. The maximum Gasteiger partial charge on any atom is 0.270 e. The molecule has 0 aliphatic carbocycles. The number of hydrogen-bond acceptors (Lipinski definition) is 5. The zero-order chi connectivity index (χ0) is 20.7. The molecule has 2 heterocycles. The highest BCUT2D eigenvalue weighted by atomic mass is 35.5. The summed E-state index contributed by atoms with van der Waals surface area (Å²) in [5.74, 6) is 0.223. The van der Waals surface area contributed by atoms with Crippen molar-refractivity contribution >= 4 is 51.4 Å². The van der Waals surface area contributed by atoms with Crippen LogP contribution in [0.1, 0.15) is 21.6 Å². The summed E-state index contributed by atoms with van der Waals surface area (Å²) in [6.45, 7) is 0. The number of anilines is 1. The van der Waals surface area contributed by atoms with Crippen molar-refractivity contribution in [3.05, 3.63) is 79.4 Å². The summed E-state index contributed by atoms with van der Waals surface area (Å²) in [6, 6.07) is 10.5. The molecule has 0 fully saturated rings. The lowest BCUT2D eigenvalue weighted by Crippen LogP contribution is -2.17. The van der Waals surface area contributed by atoms with Crippen molar-refractivity contribution in [3.8, 4) is 5.69 Å². The molecule has 2 aromatic carbocycles. The number of nitrogens with zero attached hydrogens (tertiary/aromatic N) is 3. The number of rotatable bonds is 4. The van der Waals surface area contributed by atoms with Gasteiger partial charge in [-0.15, -0.1) is 0 Å². The van der Waals surface area contributed by atoms with E-state index >= 15 is 0 Å². The SMILES string of the molecule is O=C(Nc1c2c(nn1-c1cccc(Cl)c1)CS(=O)C2)c1cc([N+](=O)[O-])ccc1Cl. The fourth-order valence-corrected chi connectivity index (χ4v) is 4.68. The zero-order valence-electron chi connectivity index (χ0n) is 14.6. The summed E-state index contributed by atoms with van der Waals surface area (Å²) in [5, 5.41) is 18.8. The first-order valence-electron chi connectivity index (χ1n) is 8.30. The van der Waals surface area contributed by atoms with Crippen LogP contribution in [-0.2, 0) is 22.3 Å². The molecule has 0 radical (unpaired) electrons. The fourth-order valence-electron chi connectivity index (χ4n) is 3.03. The molecule has 0 saturated carbocycles. The number of halogens is 2. The lowest BCUT2D eigenvalue weighted by molar-refractivity contribution is -0.384. The number of nitrogens with one attached hydrogen (secondary N) is 1. The van der Waals surface area contributed by atoms with Crippen LogP contribution in [0.3, 0.4) is 0 Å². The molecule has 3 aromatic rings. The third-order valence-electron chi connectivity index (χ3n) is 4.36. The van der Waals surface area contributed by atoms with Gasteiger partial charge in [0.2, 0.25) is 0 Å². The Bertz CT molecular complexity index is 1190. The van der Waals surface area contributed by atoms with E-state index in [1.54, 1.807) is 24.3 Å².